The van der Waals surface area contributed by atoms with Crippen LogP contribution < -0.4 is 10.6 Å². The average molecular weight is 283 g/mol. The summed E-state index contributed by atoms with van der Waals surface area (Å²) in [7, 11) is 0. The summed E-state index contributed by atoms with van der Waals surface area (Å²) in [5.41, 5.74) is 1.02. The third kappa shape index (κ3) is 6.25. The lowest BCUT2D eigenvalue weighted by Crippen LogP contribution is -2.44. The van der Waals surface area contributed by atoms with Crippen molar-refractivity contribution < 1.29 is 9.59 Å². The standard InChI is InChI=1S/C14H19ClN2O2/c1-11(17-13(18)8-5-9-15)14(19)16-10-12-6-3-2-4-7-12/h2-4,6-7,11H,5,8-10H2,1H3,(H,16,19)(H,17,18)/t11-/m1/s1. The van der Waals surface area contributed by atoms with Crippen LogP contribution in [0.15, 0.2) is 30.3 Å². The molecule has 1 aromatic rings. The van der Waals surface area contributed by atoms with Gasteiger partial charge in [0.25, 0.3) is 0 Å². The van der Waals surface area contributed by atoms with E-state index in [9.17, 15) is 9.59 Å². The number of carbonyl (C=O) groups is 2. The number of nitrogens with one attached hydrogen (secondary N) is 2. The fourth-order valence-corrected chi connectivity index (χ4v) is 1.68. The maximum absolute atomic E-state index is 11.8. The van der Waals surface area contributed by atoms with Gasteiger partial charge in [-0.15, -0.1) is 11.6 Å². The van der Waals surface area contributed by atoms with Gasteiger partial charge in [-0.05, 0) is 18.9 Å². The minimum atomic E-state index is -0.536. The van der Waals surface area contributed by atoms with Crippen LogP contribution in [0.25, 0.3) is 0 Å². The summed E-state index contributed by atoms with van der Waals surface area (Å²) in [6, 6.07) is 9.09. The Morgan fingerprint density at radius 1 is 1.26 bits per heavy atom. The monoisotopic (exact) mass is 282 g/mol. The SMILES string of the molecule is C[C@@H](NC(=O)CCCCl)C(=O)NCc1ccccc1. The molecule has 0 saturated carbocycles. The predicted molar refractivity (Wildman–Crippen MR) is 75.8 cm³/mol. The number of hydrogen-bond donors (Lipinski definition) is 2. The Labute approximate surface area is 118 Å². The minimum absolute atomic E-state index is 0.150. The molecule has 0 saturated heterocycles. The van der Waals surface area contributed by atoms with E-state index in [4.69, 9.17) is 11.6 Å². The lowest BCUT2D eigenvalue weighted by molar-refractivity contribution is -0.128. The Bertz CT molecular complexity index is 409. The Hall–Kier alpha value is -1.55. The molecule has 0 aromatic heterocycles. The van der Waals surface area contributed by atoms with Gasteiger partial charge in [0.05, 0.1) is 0 Å². The average Bonchev–Trinajstić information content (AvgIpc) is 2.43. The number of hydrogen-bond acceptors (Lipinski definition) is 2. The number of benzene rings is 1. The van der Waals surface area contributed by atoms with Crippen molar-refractivity contribution in [1.82, 2.24) is 10.6 Å². The molecule has 0 spiro atoms. The van der Waals surface area contributed by atoms with Crippen LogP contribution in [0.5, 0.6) is 0 Å². The molecule has 1 atom stereocenters. The van der Waals surface area contributed by atoms with Gasteiger partial charge in [0.2, 0.25) is 11.8 Å². The van der Waals surface area contributed by atoms with E-state index in [-0.39, 0.29) is 11.8 Å². The Balaban J connectivity index is 2.30. The first-order valence-corrected chi connectivity index (χ1v) is 6.84. The van der Waals surface area contributed by atoms with Crippen molar-refractivity contribution >= 4 is 23.4 Å². The molecule has 2 amide bonds. The van der Waals surface area contributed by atoms with E-state index in [1.165, 1.54) is 0 Å². The summed E-state index contributed by atoms with van der Waals surface area (Å²) in [5, 5.41) is 5.42. The van der Waals surface area contributed by atoms with Crippen LogP contribution in [-0.4, -0.2) is 23.7 Å². The second-order valence-corrected chi connectivity index (χ2v) is 4.66. The molecule has 0 unspecified atom stereocenters. The molecule has 4 nitrogen and oxygen atoms in total. The molecule has 0 fully saturated rings. The van der Waals surface area contributed by atoms with Crippen molar-refractivity contribution in [3.8, 4) is 0 Å². The molecular formula is C14H19ClN2O2. The van der Waals surface area contributed by atoms with Crippen LogP contribution in [-0.2, 0) is 16.1 Å². The summed E-state index contributed by atoms with van der Waals surface area (Å²) in [5.74, 6) is 0.105. The molecule has 0 aliphatic heterocycles. The van der Waals surface area contributed by atoms with Crippen LogP contribution in [0, 0.1) is 0 Å². The molecule has 1 rings (SSSR count). The van der Waals surface area contributed by atoms with Crippen molar-refractivity contribution in [2.24, 2.45) is 0 Å². The van der Waals surface area contributed by atoms with Gasteiger partial charge in [0.1, 0.15) is 6.04 Å². The van der Waals surface area contributed by atoms with Crippen LogP contribution >= 0.6 is 11.6 Å². The van der Waals surface area contributed by atoms with Gasteiger partial charge >= 0.3 is 0 Å². The molecule has 19 heavy (non-hydrogen) atoms. The first kappa shape index (κ1) is 15.5. The minimum Gasteiger partial charge on any atom is -0.350 e. The van der Waals surface area contributed by atoms with E-state index in [0.29, 0.717) is 25.3 Å². The molecule has 0 radical (unpaired) electrons. The molecule has 0 aliphatic carbocycles. The molecule has 104 valence electrons. The van der Waals surface area contributed by atoms with Crippen molar-refractivity contribution in [1.29, 1.82) is 0 Å². The highest BCUT2D eigenvalue weighted by Gasteiger charge is 2.14. The van der Waals surface area contributed by atoms with E-state index in [2.05, 4.69) is 10.6 Å². The first-order valence-electron chi connectivity index (χ1n) is 6.30. The fraction of sp³-hybridized carbons (Fsp3) is 0.429. The fourth-order valence-electron chi connectivity index (χ4n) is 1.54. The van der Waals surface area contributed by atoms with Gasteiger partial charge in [0.15, 0.2) is 0 Å². The smallest absolute Gasteiger partial charge is 0.242 e. The summed E-state index contributed by atoms with van der Waals surface area (Å²) in [6.07, 6.45) is 0.964. The highest BCUT2D eigenvalue weighted by molar-refractivity contribution is 6.17. The normalized spacial score (nSPS) is 11.7. The van der Waals surface area contributed by atoms with Gasteiger partial charge in [0, 0.05) is 18.8 Å². The largest absolute Gasteiger partial charge is 0.350 e. The quantitative estimate of drug-likeness (QED) is 0.750. The molecule has 0 aliphatic rings. The van der Waals surface area contributed by atoms with E-state index in [0.717, 1.165) is 5.56 Å². The van der Waals surface area contributed by atoms with Gasteiger partial charge < -0.3 is 10.6 Å². The van der Waals surface area contributed by atoms with Crippen LogP contribution in [0.2, 0.25) is 0 Å². The zero-order valence-corrected chi connectivity index (χ0v) is 11.7. The topological polar surface area (TPSA) is 58.2 Å². The molecular weight excluding hydrogens is 264 g/mol. The Morgan fingerprint density at radius 2 is 1.95 bits per heavy atom. The second-order valence-electron chi connectivity index (χ2n) is 4.29. The molecule has 0 bridgehead atoms. The highest BCUT2D eigenvalue weighted by atomic mass is 35.5. The Morgan fingerprint density at radius 3 is 2.58 bits per heavy atom. The lowest BCUT2D eigenvalue weighted by atomic mass is 10.2. The summed E-state index contributed by atoms with van der Waals surface area (Å²) in [6.45, 7) is 2.13. The van der Waals surface area contributed by atoms with Gasteiger partial charge in [-0.3, -0.25) is 9.59 Å². The van der Waals surface area contributed by atoms with Gasteiger partial charge in [-0.2, -0.15) is 0 Å². The Kier molecular flexibility index (Phi) is 6.97. The summed E-state index contributed by atoms with van der Waals surface area (Å²) >= 11 is 5.50. The third-order valence-corrected chi connectivity index (χ3v) is 2.89. The zero-order valence-electron chi connectivity index (χ0n) is 11.0. The van der Waals surface area contributed by atoms with E-state index in [1.807, 2.05) is 30.3 Å². The number of rotatable bonds is 7. The van der Waals surface area contributed by atoms with Gasteiger partial charge in [-0.25, -0.2) is 0 Å². The molecule has 1 aromatic carbocycles. The van der Waals surface area contributed by atoms with Crippen molar-refractivity contribution in [2.75, 3.05) is 5.88 Å². The number of amides is 2. The first-order chi connectivity index (χ1) is 9.13. The second kappa shape index (κ2) is 8.53. The molecule has 2 N–H and O–H groups in total. The zero-order chi connectivity index (χ0) is 14.1. The van der Waals surface area contributed by atoms with Crippen molar-refractivity contribution in [2.45, 2.75) is 32.4 Å². The van der Waals surface area contributed by atoms with Crippen molar-refractivity contribution in [3.63, 3.8) is 0 Å². The number of alkyl halides is 1. The maximum atomic E-state index is 11.8. The van der Waals surface area contributed by atoms with E-state index >= 15 is 0 Å². The highest BCUT2D eigenvalue weighted by Crippen LogP contribution is 1.98. The van der Waals surface area contributed by atoms with E-state index < -0.39 is 6.04 Å². The third-order valence-electron chi connectivity index (χ3n) is 2.62. The summed E-state index contributed by atoms with van der Waals surface area (Å²) in [4.78, 5) is 23.2. The van der Waals surface area contributed by atoms with Crippen LogP contribution in [0.3, 0.4) is 0 Å². The van der Waals surface area contributed by atoms with Crippen LogP contribution in [0.1, 0.15) is 25.3 Å². The summed E-state index contributed by atoms with van der Waals surface area (Å²) < 4.78 is 0. The van der Waals surface area contributed by atoms with Crippen molar-refractivity contribution in [3.05, 3.63) is 35.9 Å². The molecule has 5 heteroatoms. The number of carbonyl (C=O) groups excluding carboxylic acids is 2. The number of halogens is 1. The predicted octanol–water partition coefficient (Wildman–Crippen LogP) is 1.83. The maximum Gasteiger partial charge on any atom is 0.242 e. The lowest BCUT2D eigenvalue weighted by Gasteiger charge is -2.14. The van der Waals surface area contributed by atoms with E-state index in [1.54, 1.807) is 6.92 Å². The van der Waals surface area contributed by atoms with Gasteiger partial charge in [-0.1, -0.05) is 30.3 Å². The van der Waals surface area contributed by atoms with Crippen LogP contribution in [0.4, 0.5) is 0 Å². The molecule has 0 heterocycles.